The number of amides is 1. The first-order valence-corrected chi connectivity index (χ1v) is 9.69. The summed E-state index contributed by atoms with van der Waals surface area (Å²) in [5.74, 6) is 0.222. The van der Waals surface area contributed by atoms with Crippen molar-refractivity contribution in [2.24, 2.45) is 13.0 Å². The molecule has 3 heterocycles. The lowest BCUT2D eigenvalue weighted by Crippen LogP contribution is -2.52. The number of ether oxygens (including phenoxy) is 1. The normalized spacial score (nSPS) is 13.6. The number of carbonyl (C=O) groups is 2. The van der Waals surface area contributed by atoms with Crippen molar-refractivity contribution in [1.29, 1.82) is 0 Å². The van der Waals surface area contributed by atoms with E-state index in [1.807, 2.05) is 41.3 Å². The topological polar surface area (TPSA) is 102 Å². The van der Waals surface area contributed by atoms with Gasteiger partial charge >= 0.3 is 5.97 Å². The molecule has 0 spiro atoms. The number of anilines is 2. The molecule has 1 saturated heterocycles. The maximum atomic E-state index is 12.7. The highest BCUT2D eigenvalue weighted by Gasteiger charge is 2.34. The number of carbonyl (C=O) groups excluding carboxylic acids is 2. The lowest BCUT2D eigenvalue weighted by atomic mass is 9.99. The van der Waals surface area contributed by atoms with E-state index in [2.05, 4.69) is 20.4 Å². The van der Waals surface area contributed by atoms with Gasteiger partial charge in [-0.3, -0.25) is 9.48 Å². The Morgan fingerprint density at radius 2 is 1.97 bits per heavy atom. The number of rotatable bonds is 6. The third-order valence-corrected chi connectivity index (χ3v) is 4.97. The van der Waals surface area contributed by atoms with Crippen LogP contribution in [0.5, 0.6) is 0 Å². The number of esters is 1. The molecule has 1 amide bonds. The second-order valence-electron chi connectivity index (χ2n) is 6.97. The van der Waals surface area contributed by atoms with Gasteiger partial charge in [0.1, 0.15) is 23.5 Å². The van der Waals surface area contributed by atoms with Gasteiger partial charge in [0.25, 0.3) is 0 Å². The lowest BCUT2D eigenvalue weighted by Gasteiger charge is -2.39. The van der Waals surface area contributed by atoms with Gasteiger partial charge < -0.3 is 15.0 Å². The van der Waals surface area contributed by atoms with Gasteiger partial charge in [-0.2, -0.15) is 5.10 Å². The average molecular weight is 406 g/mol. The molecule has 0 atom stereocenters. The van der Waals surface area contributed by atoms with Crippen molar-refractivity contribution in [2.75, 3.05) is 29.9 Å². The zero-order valence-corrected chi connectivity index (χ0v) is 16.8. The van der Waals surface area contributed by atoms with Crippen LogP contribution < -0.4 is 10.2 Å². The first-order valence-electron chi connectivity index (χ1n) is 9.69. The minimum absolute atomic E-state index is 0.169. The number of aromatic nitrogens is 4. The molecule has 0 saturated carbocycles. The molecule has 1 N–H and O–H groups in total. The predicted molar refractivity (Wildman–Crippen MR) is 111 cm³/mol. The smallest absolute Gasteiger partial charge is 0.343 e. The van der Waals surface area contributed by atoms with Gasteiger partial charge in [-0.15, -0.1) is 0 Å². The highest BCUT2D eigenvalue weighted by atomic mass is 16.5. The number of hydrogen-bond donors (Lipinski definition) is 1. The van der Waals surface area contributed by atoms with Gasteiger partial charge in [-0.05, 0) is 6.92 Å². The van der Waals surface area contributed by atoms with E-state index in [9.17, 15) is 9.59 Å². The summed E-state index contributed by atoms with van der Waals surface area (Å²) >= 11 is 0. The van der Waals surface area contributed by atoms with Crippen LogP contribution in [0.25, 0.3) is 11.3 Å². The van der Waals surface area contributed by atoms with Gasteiger partial charge in [0.05, 0.1) is 24.4 Å². The zero-order valence-electron chi connectivity index (χ0n) is 16.8. The number of nitrogens with one attached hydrogen (secondary N) is 1. The average Bonchev–Trinajstić information content (AvgIpc) is 3.08. The minimum Gasteiger partial charge on any atom is -0.462 e. The van der Waals surface area contributed by atoms with Crippen LogP contribution in [0.15, 0.2) is 48.9 Å². The molecule has 154 valence electrons. The van der Waals surface area contributed by atoms with Crippen LogP contribution in [0.3, 0.4) is 0 Å². The molecule has 1 aromatic carbocycles. The summed E-state index contributed by atoms with van der Waals surface area (Å²) in [5.41, 5.74) is 2.09. The van der Waals surface area contributed by atoms with E-state index in [4.69, 9.17) is 4.74 Å². The maximum Gasteiger partial charge on any atom is 0.343 e. The lowest BCUT2D eigenvalue weighted by molar-refractivity contribution is -0.120. The number of nitrogens with zero attached hydrogens (tertiary/aromatic N) is 5. The maximum absolute atomic E-state index is 12.7. The van der Waals surface area contributed by atoms with Crippen molar-refractivity contribution in [3.8, 4) is 11.3 Å². The molecule has 9 nitrogen and oxygen atoms in total. The molecule has 0 bridgehead atoms. The van der Waals surface area contributed by atoms with Crippen molar-refractivity contribution in [2.45, 2.75) is 6.92 Å². The summed E-state index contributed by atoms with van der Waals surface area (Å²) < 4.78 is 6.48. The highest BCUT2D eigenvalue weighted by Crippen LogP contribution is 2.27. The summed E-state index contributed by atoms with van der Waals surface area (Å²) in [5, 5.41) is 6.86. The van der Waals surface area contributed by atoms with E-state index >= 15 is 0 Å². The molecule has 0 unspecified atom stereocenters. The second-order valence-corrected chi connectivity index (χ2v) is 6.97. The fourth-order valence-corrected chi connectivity index (χ4v) is 3.28. The summed E-state index contributed by atoms with van der Waals surface area (Å²) in [6.07, 6.45) is 2.93. The Balaban J connectivity index is 1.40. The molecule has 1 aliphatic rings. The Kier molecular flexibility index (Phi) is 5.42. The number of aryl methyl sites for hydroxylation is 1. The number of hydrogen-bond acceptors (Lipinski definition) is 7. The van der Waals surface area contributed by atoms with E-state index < -0.39 is 5.97 Å². The highest BCUT2D eigenvalue weighted by molar-refractivity contribution is 6.01. The van der Waals surface area contributed by atoms with Crippen LogP contribution in [0.2, 0.25) is 0 Å². The molecule has 2 aromatic heterocycles. The largest absolute Gasteiger partial charge is 0.462 e. The number of benzene rings is 1. The summed E-state index contributed by atoms with van der Waals surface area (Å²) in [4.78, 5) is 35.4. The summed E-state index contributed by atoms with van der Waals surface area (Å²) in [6, 6.07) is 11.8. The molecule has 0 radical (unpaired) electrons. The minimum atomic E-state index is -0.509. The van der Waals surface area contributed by atoms with E-state index in [1.54, 1.807) is 14.0 Å². The molecular formula is C21H22N6O3. The van der Waals surface area contributed by atoms with Crippen molar-refractivity contribution in [1.82, 2.24) is 19.7 Å². The monoisotopic (exact) mass is 406 g/mol. The fraction of sp³-hybridized carbons (Fsp3) is 0.286. The molecule has 1 aliphatic heterocycles. The van der Waals surface area contributed by atoms with Gasteiger partial charge in [0, 0.05) is 31.8 Å². The molecule has 30 heavy (non-hydrogen) atoms. The van der Waals surface area contributed by atoms with Crippen LogP contribution >= 0.6 is 0 Å². The second kappa shape index (κ2) is 8.32. The quantitative estimate of drug-likeness (QED) is 0.626. The first-order chi connectivity index (χ1) is 14.6. The van der Waals surface area contributed by atoms with E-state index in [1.165, 1.54) is 17.2 Å². The van der Waals surface area contributed by atoms with Crippen LogP contribution in [0.1, 0.15) is 17.3 Å². The fourth-order valence-electron chi connectivity index (χ4n) is 3.28. The first kappa shape index (κ1) is 19.6. The molecule has 0 aliphatic carbocycles. The van der Waals surface area contributed by atoms with Crippen molar-refractivity contribution >= 4 is 23.5 Å². The Labute approximate surface area is 173 Å². The molecule has 4 rings (SSSR count). The Morgan fingerprint density at radius 3 is 2.70 bits per heavy atom. The molecule has 1 fully saturated rings. The van der Waals surface area contributed by atoms with Crippen LogP contribution in [-0.2, 0) is 16.6 Å². The summed E-state index contributed by atoms with van der Waals surface area (Å²) in [6.45, 7) is 3.04. The van der Waals surface area contributed by atoms with Crippen molar-refractivity contribution in [3.63, 3.8) is 0 Å². The van der Waals surface area contributed by atoms with Gasteiger partial charge in [0.2, 0.25) is 5.91 Å². The zero-order chi connectivity index (χ0) is 21.1. The molecule has 9 heteroatoms. The third kappa shape index (κ3) is 3.86. The summed E-state index contributed by atoms with van der Waals surface area (Å²) in [7, 11) is 1.66. The van der Waals surface area contributed by atoms with Crippen molar-refractivity contribution < 1.29 is 14.3 Å². The predicted octanol–water partition coefficient (Wildman–Crippen LogP) is 2.13. The molecular weight excluding hydrogens is 384 g/mol. The van der Waals surface area contributed by atoms with Gasteiger partial charge in [-0.25, -0.2) is 14.8 Å². The standard InChI is InChI=1S/C21H22N6O3/c1-3-30-21(29)16-10-24-26(2)19(16)25-20(28)15-11-27(12-15)18-9-17(22-13-23-18)14-7-5-4-6-8-14/h4-10,13,15H,3,11-12H2,1-2H3,(H,25,28). The van der Waals surface area contributed by atoms with Crippen LogP contribution in [0, 0.1) is 5.92 Å². The van der Waals surface area contributed by atoms with Crippen LogP contribution in [-0.4, -0.2) is 51.3 Å². The van der Waals surface area contributed by atoms with Crippen LogP contribution in [0.4, 0.5) is 11.6 Å². The van der Waals surface area contributed by atoms with Gasteiger partial charge in [0.15, 0.2) is 0 Å². The van der Waals surface area contributed by atoms with E-state index in [-0.39, 0.29) is 24.0 Å². The Hall–Kier alpha value is -3.75. The van der Waals surface area contributed by atoms with Crippen molar-refractivity contribution in [3.05, 3.63) is 54.5 Å². The Bertz CT molecular complexity index is 1060. The van der Waals surface area contributed by atoms with Gasteiger partial charge in [-0.1, -0.05) is 30.3 Å². The van der Waals surface area contributed by atoms with E-state index in [0.717, 1.165) is 17.1 Å². The third-order valence-electron chi connectivity index (χ3n) is 4.97. The van der Waals surface area contributed by atoms with E-state index in [0.29, 0.717) is 18.9 Å². The molecule has 3 aromatic rings. The SMILES string of the molecule is CCOC(=O)c1cnn(C)c1NC(=O)C1CN(c2cc(-c3ccccc3)ncn2)C1. The Morgan fingerprint density at radius 1 is 1.20 bits per heavy atom.